The van der Waals surface area contributed by atoms with Crippen LogP contribution in [0.1, 0.15) is 16.7 Å². The van der Waals surface area contributed by atoms with Crippen LogP contribution in [0.4, 0.5) is 0 Å². The molecule has 1 saturated heterocycles. The Morgan fingerprint density at radius 2 is 1.82 bits per heavy atom. The van der Waals surface area contributed by atoms with Crippen LogP contribution in [-0.4, -0.2) is 31.4 Å². The molecule has 6 nitrogen and oxygen atoms in total. The van der Waals surface area contributed by atoms with Crippen LogP contribution >= 0.6 is 0 Å². The van der Waals surface area contributed by atoms with Crippen LogP contribution in [0.3, 0.4) is 0 Å². The Morgan fingerprint density at radius 3 is 2.54 bits per heavy atom. The molecule has 0 amide bonds. The highest BCUT2D eigenvalue weighted by molar-refractivity contribution is 5.82. The molecule has 1 aliphatic heterocycles. The van der Waals surface area contributed by atoms with Crippen molar-refractivity contribution in [2.24, 2.45) is 0 Å². The van der Waals surface area contributed by atoms with Gasteiger partial charge in [-0.3, -0.25) is 4.79 Å². The zero-order valence-corrected chi connectivity index (χ0v) is 16.1. The van der Waals surface area contributed by atoms with E-state index >= 15 is 0 Å². The van der Waals surface area contributed by atoms with Crippen LogP contribution in [0.15, 0.2) is 45.8 Å². The van der Waals surface area contributed by atoms with E-state index in [0.717, 1.165) is 24.2 Å². The summed E-state index contributed by atoms with van der Waals surface area (Å²) in [6.45, 7) is 7.63. The molecule has 1 fully saturated rings. The summed E-state index contributed by atoms with van der Waals surface area (Å²) < 4.78 is 17.0. The van der Waals surface area contributed by atoms with Crippen molar-refractivity contribution in [2.45, 2.75) is 20.4 Å². The molecule has 6 heteroatoms. The molecule has 3 aromatic rings. The van der Waals surface area contributed by atoms with E-state index in [1.54, 1.807) is 12.1 Å². The predicted molar refractivity (Wildman–Crippen MR) is 105 cm³/mol. The fourth-order valence-electron chi connectivity index (χ4n) is 3.68. The second-order valence-electron chi connectivity index (χ2n) is 7.33. The Balaban J connectivity index is 1.71. The summed E-state index contributed by atoms with van der Waals surface area (Å²) in [6, 6.07) is 8.93. The van der Waals surface area contributed by atoms with Gasteiger partial charge in [-0.2, -0.15) is 0 Å². The quantitative estimate of drug-likeness (QED) is 0.725. The molecule has 0 spiro atoms. The normalized spacial score (nSPS) is 15.1. The summed E-state index contributed by atoms with van der Waals surface area (Å²) >= 11 is 0. The molecule has 2 heterocycles. The standard InChI is InChI=1S/C22H23NO5/c1-14-9-15(2)11-16(10-14)28-20-13-27-22-17(21(20)25)3-4-19(24)18(22)12-23-5-7-26-8-6-23/h3-4,9-11,13,24H,5-8,12H2,1-2H3/p+1. The molecular weight excluding hydrogens is 358 g/mol. The second kappa shape index (κ2) is 7.66. The van der Waals surface area contributed by atoms with Crippen molar-refractivity contribution in [3.8, 4) is 17.2 Å². The van der Waals surface area contributed by atoms with Crippen molar-refractivity contribution in [1.29, 1.82) is 0 Å². The molecule has 0 unspecified atom stereocenters. The molecule has 0 bridgehead atoms. The van der Waals surface area contributed by atoms with Gasteiger partial charge in [-0.15, -0.1) is 0 Å². The number of rotatable bonds is 4. The molecule has 1 aromatic heterocycles. The molecule has 2 N–H and O–H groups in total. The van der Waals surface area contributed by atoms with E-state index < -0.39 is 0 Å². The molecule has 0 saturated carbocycles. The number of aromatic hydroxyl groups is 1. The van der Waals surface area contributed by atoms with Gasteiger partial charge in [0.05, 0.1) is 24.2 Å². The van der Waals surface area contributed by atoms with Crippen molar-refractivity contribution in [1.82, 2.24) is 0 Å². The van der Waals surface area contributed by atoms with E-state index in [4.69, 9.17) is 13.9 Å². The topological polar surface area (TPSA) is 73.3 Å². The van der Waals surface area contributed by atoms with Crippen LogP contribution in [0.2, 0.25) is 0 Å². The Hall–Kier alpha value is -2.83. The van der Waals surface area contributed by atoms with Gasteiger partial charge in [-0.25, -0.2) is 0 Å². The van der Waals surface area contributed by atoms with Crippen molar-refractivity contribution in [3.05, 3.63) is 63.5 Å². The van der Waals surface area contributed by atoms with Gasteiger partial charge >= 0.3 is 0 Å². The molecule has 146 valence electrons. The summed E-state index contributed by atoms with van der Waals surface area (Å²) in [5, 5.41) is 10.8. The molecule has 1 aliphatic rings. The average molecular weight is 382 g/mol. The lowest BCUT2D eigenvalue weighted by Gasteiger charge is -2.24. The molecule has 28 heavy (non-hydrogen) atoms. The fourth-order valence-corrected chi connectivity index (χ4v) is 3.68. The van der Waals surface area contributed by atoms with Crippen LogP contribution in [0, 0.1) is 13.8 Å². The fraction of sp³-hybridized carbons (Fsp3) is 0.318. The van der Waals surface area contributed by atoms with Gasteiger partial charge in [0.2, 0.25) is 11.2 Å². The zero-order valence-electron chi connectivity index (χ0n) is 16.1. The summed E-state index contributed by atoms with van der Waals surface area (Å²) in [5.74, 6) is 0.867. The van der Waals surface area contributed by atoms with E-state index in [-0.39, 0.29) is 16.9 Å². The third-order valence-electron chi connectivity index (χ3n) is 5.04. The van der Waals surface area contributed by atoms with Gasteiger partial charge in [0.1, 0.15) is 37.4 Å². The number of quaternary nitrogens is 1. The van der Waals surface area contributed by atoms with Crippen molar-refractivity contribution in [2.75, 3.05) is 26.3 Å². The molecular formula is C22H24NO5+. The Bertz CT molecular complexity index is 1050. The van der Waals surface area contributed by atoms with Gasteiger partial charge in [0, 0.05) is 0 Å². The van der Waals surface area contributed by atoms with E-state index in [1.807, 2.05) is 32.0 Å². The smallest absolute Gasteiger partial charge is 0.235 e. The molecule has 4 rings (SSSR count). The number of nitrogens with one attached hydrogen (secondary N) is 1. The average Bonchev–Trinajstić information content (AvgIpc) is 2.66. The number of phenols is 1. The number of phenolic OH excluding ortho intramolecular Hbond substituents is 1. The lowest BCUT2D eigenvalue weighted by Crippen LogP contribution is -3.12. The monoisotopic (exact) mass is 382 g/mol. The van der Waals surface area contributed by atoms with Gasteiger partial charge < -0.3 is 23.9 Å². The minimum atomic E-state index is -0.251. The highest BCUT2D eigenvalue weighted by atomic mass is 16.5. The lowest BCUT2D eigenvalue weighted by molar-refractivity contribution is -0.921. The summed E-state index contributed by atoms with van der Waals surface area (Å²) in [5.41, 5.74) is 2.92. The number of morpholine rings is 1. The van der Waals surface area contributed by atoms with Crippen LogP contribution in [0.25, 0.3) is 11.0 Å². The van der Waals surface area contributed by atoms with E-state index in [9.17, 15) is 9.90 Å². The minimum Gasteiger partial charge on any atom is -0.507 e. The van der Waals surface area contributed by atoms with Crippen LogP contribution in [0.5, 0.6) is 17.2 Å². The first-order chi connectivity index (χ1) is 13.5. The van der Waals surface area contributed by atoms with Gasteiger partial charge in [-0.1, -0.05) is 6.07 Å². The number of hydrogen-bond donors (Lipinski definition) is 2. The highest BCUT2D eigenvalue weighted by Crippen LogP contribution is 2.28. The van der Waals surface area contributed by atoms with Gasteiger partial charge in [0.15, 0.2) is 5.58 Å². The number of fused-ring (bicyclic) bond motifs is 1. The number of benzene rings is 2. The minimum absolute atomic E-state index is 0.132. The largest absolute Gasteiger partial charge is 0.507 e. The van der Waals surface area contributed by atoms with Crippen molar-refractivity contribution >= 4 is 11.0 Å². The third kappa shape index (κ3) is 3.74. The molecule has 0 radical (unpaired) electrons. The molecule has 0 aliphatic carbocycles. The third-order valence-corrected chi connectivity index (χ3v) is 5.04. The first-order valence-electron chi connectivity index (χ1n) is 9.45. The van der Waals surface area contributed by atoms with Crippen molar-refractivity contribution in [3.63, 3.8) is 0 Å². The van der Waals surface area contributed by atoms with Crippen LogP contribution in [-0.2, 0) is 11.3 Å². The summed E-state index contributed by atoms with van der Waals surface area (Å²) in [7, 11) is 0. The Morgan fingerprint density at radius 1 is 1.11 bits per heavy atom. The summed E-state index contributed by atoms with van der Waals surface area (Å²) in [6.07, 6.45) is 1.33. The van der Waals surface area contributed by atoms with Crippen LogP contribution < -0.4 is 15.1 Å². The maximum Gasteiger partial charge on any atom is 0.235 e. The number of hydrogen-bond acceptors (Lipinski definition) is 5. The second-order valence-corrected chi connectivity index (χ2v) is 7.33. The van der Waals surface area contributed by atoms with E-state index in [1.165, 1.54) is 11.2 Å². The Labute approximate surface area is 162 Å². The maximum atomic E-state index is 13.0. The summed E-state index contributed by atoms with van der Waals surface area (Å²) in [4.78, 5) is 14.2. The first-order valence-corrected chi connectivity index (χ1v) is 9.45. The molecule has 2 aromatic carbocycles. The van der Waals surface area contributed by atoms with Gasteiger partial charge in [-0.05, 0) is 49.2 Å². The lowest BCUT2D eigenvalue weighted by atomic mass is 10.1. The number of aryl methyl sites for hydroxylation is 2. The predicted octanol–water partition coefficient (Wildman–Crippen LogP) is 2.32. The SMILES string of the molecule is Cc1cc(C)cc(Oc2coc3c(C[NH+]4CCOCC4)c(O)ccc3c2=O)c1. The maximum absolute atomic E-state index is 13.0. The number of ether oxygens (including phenoxy) is 2. The Kier molecular flexibility index (Phi) is 5.07. The van der Waals surface area contributed by atoms with E-state index in [0.29, 0.717) is 42.0 Å². The van der Waals surface area contributed by atoms with Crippen molar-refractivity contribution < 1.29 is 23.9 Å². The van der Waals surface area contributed by atoms with Gasteiger partial charge in [0.25, 0.3) is 0 Å². The first kappa shape index (κ1) is 18.5. The zero-order chi connectivity index (χ0) is 19.7. The van der Waals surface area contributed by atoms with E-state index in [2.05, 4.69) is 0 Å². The highest BCUT2D eigenvalue weighted by Gasteiger charge is 2.21. The molecule has 0 atom stereocenters.